The molecule has 0 saturated heterocycles. The van der Waals surface area contributed by atoms with E-state index in [9.17, 15) is 4.79 Å². The van der Waals surface area contributed by atoms with Crippen LogP contribution >= 0.6 is 0 Å². The molecule has 2 heterocycles. The zero-order chi connectivity index (χ0) is 18.5. The molecule has 1 amide bonds. The van der Waals surface area contributed by atoms with Crippen LogP contribution < -0.4 is 14.2 Å². The largest absolute Gasteiger partial charge is 0.496 e. The van der Waals surface area contributed by atoms with Crippen molar-refractivity contribution in [2.75, 3.05) is 34.4 Å². The molecule has 26 heavy (non-hydrogen) atoms. The molecule has 0 atom stereocenters. The van der Waals surface area contributed by atoms with Crippen molar-refractivity contribution in [2.45, 2.75) is 6.42 Å². The molecule has 2 aromatic rings. The summed E-state index contributed by atoms with van der Waals surface area (Å²) in [6, 6.07) is 7.23. The van der Waals surface area contributed by atoms with E-state index in [0.29, 0.717) is 42.3 Å². The molecule has 0 bridgehead atoms. The van der Waals surface area contributed by atoms with Crippen molar-refractivity contribution in [3.63, 3.8) is 0 Å². The van der Waals surface area contributed by atoms with Gasteiger partial charge in [-0.05, 0) is 24.1 Å². The third kappa shape index (κ3) is 3.49. The molecule has 0 aliphatic carbocycles. The van der Waals surface area contributed by atoms with Crippen LogP contribution in [0.4, 0.5) is 0 Å². The molecule has 1 aliphatic rings. The number of benzene rings is 1. The number of hydrogen-bond donors (Lipinski definition) is 0. The Hall–Kier alpha value is -3.02. The van der Waals surface area contributed by atoms with Crippen LogP contribution in [0, 0.1) is 0 Å². The SMILES string of the molecule is COc1cc(OC)c(C2=CCN(C(=O)c3cccnc3)CC2)c(OC)c1. The van der Waals surface area contributed by atoms with Crippen LogP contribution in [0.2, 0.25) is 0 Å². The summed E-state index contributed by atoms with van der Waals surface area (Å²) in [5.41, 5.74) is 2.60. The number of aromatic nitrogens is 1. The van der Waals surface area contributed by atoms with Crippen molar-refractivity contribution in [2.24, 2.45) is 0 Å². The Morgan fingerprint density at radius 2 is 1.85 bits per heavy atom. The summed E-state index contributed by atoms with van der Waals surface area (Å²) in [4.78, 5) is 18.4. The first-order chi connectivity index (χ1) is 12.7. The molecular formula is C20H22N2O4. The molecule has 1 aromatic carbocycles. The van der Waals surface area contributed by atoms with Crippen molar-refractivity contribution < 1.29 is 19.0 Å². The highest BCUT2D eigenvalue weighted by molar-refractivity contribution is 5.94. The van der Waals surface area contributed by atoms with Gasteiger partial charge in [0, 0.05) is 37.6 Å². The van der Waals surface area contributed by atoms with Gasteiger partial charge >= 0.3 is 0 Å². The maximum atomic E-state index is 12.6. The molecule has 0 fully saturated rings. The summed E-state index contributed by atoms with van der Waals surface area (Å²) in [5.74, 6) is 2.05. The van der Waals surface area contributed by atoms with Gasteiger partial charge in [-0.2, -0.15) is 0 Å². The van der Waals surface area contributed by atoms with E-state index >= 15 is 0 Å². The Morgan fingerprint density at radius 3 is 2.35 bits per heavy atom. The topological polar surface area (TPSA) is 60.9 Å². The highest BCUT2D eigenvalue weighted by Crippen LogP contribution is 2.40. The van der Waals surface area contributed by atoms with Gasteiger partial charge in [-0.1, -0.05) is 6.08 Å². The smallest absolute Gasteiger partial charge is 0.255 e. The second kappa shape index (κ2) is 7.91. The third-order valence-electron chi connectivity index (χ3n) is 4.44. The standard InChI is InChI=1S/C20H22N2O4/c1-24-16-11-17(25-2)19(18(12-16)26-3)14-6-9-22(10-7-14)20(23)15-5-4-8-21-13-15/h4-6,8,11-13H,7,9-10H2,1-3H3. The lowest BCUT2D eigenvalue weighted by Crippen LogP contribution is -2.34. The van der Waals surface area contributed by atoms with Gasteiger partial charge in [0.05, 0.1) is 32.5 Å². The highest BCUT2D eigenvalue weighted by atomic mass is 16.5. The monoisotopic (exact) mass is 354 g/mol. The minimum absolute atomic E-state index is 0.0120. The zero-order valence-corrected chi connectivity index (χ0v) is 15.2. The minimum atomic E-state index is -0.0120. The number of amides is 1. The maximum absolute atomic E-state index is 12.6. The lowest BCUT2D eigenvalue weighted by molar-refractivity contribution is 0.0772. The number of carbonyl (C=O) groups is 1. The summed E-state index contributed by atoms with van der Waals surface area (Å²) in [6.45, 7) is 1.15. The zero-order valence-electron chi connectivity index (χ0n) is 15.2. The molecule has 0 radical (unpaired) electrons. The van der Waals surface area contributed by atoms with Gasteiger partial charge in [-0.15, -0.1) is 0 Å². The minimum Gasteiger partial charge on any atom is -0.496 e. The van der Waals surface area contributed by atoms with Crippen molar-refractivity contribution in [1.82, 2.24) is 9.88 Å². The predicted molar refractivity (Wildman–Crippen MR) is 98.8 cm³/mol. The fraction of sp³-hybridized carbons (Fsp3) is 0.300. The summed E-state index contributed by atoms with van der Waals surface area (Å²) in [7, 11) is 4.86. The van der Waals surface area contributed by atoms with E-state index < -0.39 is 0 Å². The number of nitrogens with zero attached hydrogens (tertiary/aromatic N) is 2. The molecule has 0 saturated carbocycles. The second-order valence-corrected chi connectivity index (χ2v) is 5.88. The van der Waals surface area contributed by atoms with Crippen molar-refractivity contribution in [3.8, 4) is 17.2 Å². The average Bonchev–Trinajstić information content (AvgIpc) is 2.72. The van der Waals surface area contributed by atoms with E-state index in [2.05, 4.69) is 4.98 Å². The second-order valence-electron chi connectivity index (χ2n) is 5.88. The van der Waals surface area contributed by atoms with Gasteiger partial charge < -0.3 is 19.1 Å². The molecule has 0 N–H and O–H groups in total. The molecule has 0 unspecified atom stereocenters. The Morgan fingerprint density at radius 1 is 1.12 bits per heavy atom. The van der Waals surface area contributed by atoms with E-state index in [1.165, 1.54) is 0 Å². The third-order valence-corrected chi connectivity index (χ3v) is 4.44. The summed E-state index contributed by atoms with van der Waals surface area (Å²) in [5, 5.41) is 0. The Labute approximate surface area is 153 Å². The Kier molecular flexibility index (Phi) is 5.41. The molecule has 1 aliphatic heterocycles. The molecule has 6 nitrogen and oxygen atoms in total. The highest BCUT2D eigenvalue weighted by Gasteiger charge is 2.23. The van der Waals surface area contributed by atoms with Gasteiger partial charge in [-0.25, -0.2) is 0 Å². The van der Waals surface area contributed by atoms with E-state index in [0.717, 1.165) is 11.1 Å². The summed E-state index contributed by atoms with van der Waals surface area (Å²) >= 11 is 0. The quantitative estimate of drug-likeness (QED) is 0.826. The molecular weight excluding hydrogens is 332 g/mol. The number of ether oxygens (including phenoxy) is 3. The van der Waals surface area contributed by atoms with Crippen LogP contribution in [-0.2, 0) is 0 Å². The number of pyridine rings is 1. The predicted octanol–water partition coefficient (Wildman–Crippen LogP) is 3.04. The van der Waals surface area contributed by atoms with E-state index in [-0.39, 0.29) is 5.91 Å². The van der Waals surface area contributed by atoms with Crippen LogP contribution in [0.5, 0.6) is 17.2 Å². The van der Waals surface area contributed by atoms with Gasteiger partial charge in [0.1, 0.15) is 17.2 Å². The fourth-order valence-corrected chi connectivity index (χ4v) is 3.07. The number of rotatable bonds is 5. The van der Waals surface area contributed by atoms with Crippen LogP contribution in [0.15, 0.2) is 42.7 Å². The van der Waals surface area contributed by atoms with Crippen LogP contribution in [-0.4, -0.2) is 50.2 Å². The lowest BCUT2D eigenvalue weighted by Gasteiger charge is -2.28. The van der Waals surface area contributed by atoms with Gasteiger partial charge in [-0.3, -0.25) is 9.78 Å². The Bertz CT molecular complexity index is 793. The van der Waals surface area contributed by atoms with Crippen molar-refractivity contribution in [3.05, 3.63) is 53.9 Å². The Balaban J connectivity index is 1.86. The van der Waals surface area contributed by atoms with Crippen LogP contribution in [0.1, 0.15) is 22.3 Å². The van der Waals surface area contributed by atoms with Gasteiger partial charge in [0.15, 0.2) is 0 Å². The molecule has 3 rings (SSSR count). The lowest BCUT2D eigenvalue weighted by atomic mass is 9.97. The normalized spacial score (nSPS) is 13.8. The first kappa shape index (κ1) is 17.8. The number of hydrogen-bond acceptors (Lipinski definition) is 5. The van der Waals surface area contributed by atoms with Crippen molar-refractivity contribution >= 4 is 11.5 Å². The molecule has 6 heteroatoms. The average molecular weight is 354 g/mol. The number of methoxy groups -OCH3 is 3. The first-order valence-corrected chi connectivity index (χ1v) is 8.36. The van der Waals surface area contributed by atoms with Gasteiger partial charge in [0.25, 0.3) is 5.91 Å². The van der Waals surface area contributed by atoms with Crippen LogP contribution in [0.3, 0.4) is 0 Å². The molecule has 0 spiro atoms. The van der Waals surface area contributed by atoms with E-state index in [1.54, 1.807) is 45.9 Å². The van der Waals surface area contributed by atoms with E-state index in [4.69, 9.17) is 14.2 Å². The van der Waals surface area contributed by atoms with Gasteiger partial charge in [0.2, 0.25) is 0 Å². The molecule has 136 valence electrons. The fourth-order valence-electron chi connectivity index (χ4n) is 3.07. The maximum Gasteiger partial charge on any atom is 0.255 e. The number of carbonyl (C=O) groups excluding carboxylic acids is 1. The molecule has 1 aromatic heterocycles. The van der Waals surface area contributed by atoms with Crippen LogP contribution in [0.25, 0.3) is 5.57 Å². The first-order valence-electron chi connectivity index (χ1n) is 8.36. The van der Waals surface area contributed by atoms with E-state index in [1.807, 2.05) is 23.1 Å². The van der Waals surface area contributed by atoms with Crippen molar-refractivity contribution in [1.29, 1.82) is 0 Å². The summed E-state index contributed by atoms with van der Waals surface area (Å²) < 4.78 is 16.4. The summed E-state index contributed by atoms with van der Waals surface area (Å²) in [6.07, 6.45) is 6.01.